The van der Waals surface area contributed by atoms with E-state index in [1.54, 1.807) is 0 Å². The first-order valence-corrected chi connectivity index (χ1v) is 6.79. The molecule has 98 valence electrons. The van der Waals surface area contributed by atoms with E-state index in [0.29, 0.717) is 16.7 Å². The average molecular weight is 291 g/mol. The van der Waals surface area contributed by atoms with Crippen LogP contribution in [-0.2, 0) is 6.54 Å². The quantitative estimate of drug-likeness (QED) is 0.831. The van der Waals surface area contributed by atoms with Gasteiger partial charge in [0, 0.05) is 17.3 Å². The lowest BCUT2D eigenvalue weighted by molar-refractivity contribution is 0.915. The molecule has 0 atom stereocenters. The Labute approximate surface area is 123 Å². The van der Waals surface area contributed by atoms with Crippen LogP contribution in [0.15, 0.2) is 48.5 Å². The summed E-state index contributed by atoms with van der Waals surface area (Å²) in [6.45, 7) is 2.80. The molecule has 0 aliphatic carbocycles. The molecule has 19 heavy (non-hydrogen) atoms. The smallest absolute Gasteiger partial charge is 0.171 e. The zero-order valence-corrected chi connectivity index (χ0v) is 12.2. The molecule has 2 rings (SSSR count). The van der Waals surface area contributed by atoms with Crippen LogP contribution >= 0.6 is 23.8 Å². The van der Waals surface area contributed by atoms with Gasteiger partial charge in [0.2, 0.25) is 0 Å². The Morgan fingerprint density at radius 3 is 2.47 bits per heavy atom. The molecule has 0 unspecified atom stereocenters. The van der Waals surface area contributed by atoms with Crippen LogP contribution in [0.5, 0.6) is 0 Å². The summed E-state index contributed by atoms with van der Waals surface area (Å²) in [4.78, 5) is 0. The molecule has 0 saturated carbocycles. The second-order valence-electron chi connectivity index (χ2n) is 4.24. The van der Waals surface area contributed by atoms with Gasteiger partial charge in [-0.3, -0.25) is 0 Å². The number of halogens is 1. The van der Waals surface area contributed by atoms with Gasteiger partial charge in [0.1, 0.15) is 0 Å². The van der Waals surface area contributed by atoms with Crippen LogP contribution in [-0.4, -0.2) is 5.11 Å². The van der Waals surface area contributed by atoms with E-state index >= 15 is 0 Å². The second-order valence-corrected chi connectivity index (χ2v) is 5.09. The Bertz CT molecular complexity index is 567. The maximum atomic E-state index is 5.83. The van der Waals surface area contributed by atoms with E-state index in [9.17, 15) is 0 Å². The molecule has 2 N–H and O–H groups in total. The molecule has 4 heteroatoms. The number of benzene rings is 2. The zero-order chi connectivity index (χ0) is 13.7. The molecule has 0 aromatic heterocycles. The van der Waals surface area contributed by atoms with Crippen LogP contribution in [0.25, 0.3) is 0 Å². The fourth-order valence-electron chi connectivity index (χ4n) is 1.69. The lowest BCUT2D eigenvalue weighted by Crippen LogP contribution is -2.28. The maximum absolute atomic E-state index is 5.83. The molecule has 0 heterocycles. The van der Waals surface area contributed by atoms with E-state index in [4.69, 9.17) is 23.8 Å². The molecule has 0 saturated heterocycles. The minimum Gasteiger partial charge on any atom is -0.358 e. The predicted molar refractivity (Wildman–Crippen MR) is 85.7 cm³/mol. The Morgan fingerprint density at radius 2 is 1.79 bits per heavy atom. The van der Waals surface area contributed by atoms with Crippen LogP contribution in [0.3, 0.4) is 0 Å². The van der Waals surface area contributed by atoms with Crippen molar-refractivity contribution in [2.45, 2.75) is 13.5 Å². The Hall–Kier alpha value is -1.58. The van der Waals surface area contributed by atoms with Gasteiger partial charge in [0.05, 0.1) is 0 Å². The SMILES string of the molecule is Cc1ccccc1CNC(=S)Nc1ccc(Cl)cc1. The highest BCUT2D eigenvalue weighted by molar-refractivity contribution is 7.80. The van der Waals surface area contributed by atoms with Crippen molar-refractivity contribution in [2.24, 2.45) is 0 Å². The lowest BCUT2D eigenvalue weighted by atomic mass is 10.1. The molecule has 0 amide bonds. The third kappa shape index (κ3) is 4.23. The number of anilines is 1. The van der Waals surface area contributed by atoms with Crippen molar-refractivity contribution in [3.63, 3.8) is 0 Å². The summed E-state index contributed by atoms with van der Waals surface area (Å²) < 4.78 is 0. The van der Waals surface area contributed by atoms with Crippen LogP contribution in [0, 0.1) is 6.92 Å². The molecule has 2 nitrogen and oxygen atoms in total. The van der Waals surface area contributed by atoms with E-state index in [1.165, 1.54) is 11.1 Å². The van der Waals surface area contributed by atoms with Crippen molar-refractivity contribution in [1.29, 1.82) is 0 Å². The minimum atomic E-state index is 0.602. The third-order valence-corrected chi connectivity index (χ3v) is 3.30. The molecular formula is C15H15ClN2S. The number of aryl methyl sites for hydroxylation is 1. The summed E-state index contributed by atoms with van der Waals surface area (Å²) in [5.74, 6) is 0. The van der Waals surface area contributed by atoms with Gasteiger partial charge >= 0.3 is 0 Å². The van der Waals surface area contributed by atoms with Gasteiger partial charge in [-0.05, 0) is 54.5 Å². The monoisotopic (exact) mass is 290 g/mol. The summed E-state index contributed by atoms with van der Waals surface area (Å²) in [7, 11) is 0. The number of hydrogen-bond donors (Lipinski definition) is 2. The highest BCUT2D eigenvalue weighted by atomic mass is 35.5. The van der Waals surface area contributed by atoms with E-state index in [2.05, 4.69) is 29.7 Å². The Balaban J connectivity index is 1.88. The predicted octanol–water partition coefficient (Wildman–Crippen LogP) is 4.14. The summed E-state index contributed by atoms with van der Waals surface area (Å²) in [6, 6.07) is 15.7. The fraction of sp³-hybridized carbons (Fsp3) is 0.133. The lowest BCUT2D eigenvalue weighted by Gasteiger charge is -2.11. The highest BCUT2D eigenvalue weighted by Gasteiger charge is 2.00. The van der Waals surface area contributed by atoms with E-state index in [-0.39, 0.29) is 0 Å². The standard InChI is InChI=1S/C15H15ClN2S/c1-11-4-2-3-5-12(11)10-17-15(19)18-14-8-6-13(16)7-9-14/h2-9H,10H2,1H3,(H2,17,18,19). The topological polar surface area (TPSA) is 24.1 Å². The van der Waals surface area contributed by atoms with Gasteiger partial charge in [-0.2, -0.15) is 0 Å². The van der Waals surface area contributed by atoms with Gasteiger partial charge in [0.15, 0.2) is 5.11 Å². The zero-order valence-electron chi connectivity index (χ0n) is 10.6. The summed E-state index contributed by atoms with van der Waals surface area (Å²) in [6.07, 6.45) is 0. The van der Waals surface area contributed by atoms with Crippen molar-refractivity contribution >= 4 is 34.6 Å². The maximum Gasteiger partial charge on any atom is 0.171 e. The van der Waals surface area contributed by atoms with Gasteiger partial charge in [-0.15, -0.1) is 0 Å². The Morgan fingerprint density at radius 1 is 1.11 bits per heavy atom. The van der Waals surface area contributed by atoms with Gasteiger partial charge in [-0.1, -0.05) is 35.9 Å². The molecule has 2 aromatic carbocycles. The first-order valence-electron chi connectivity index (χ1n) is 6.00. The largest absolute Gasteiger partial charge is 0.358 e. The molecule has 0 spiro atoms. The van der Waals surface area contributed by atoms with E-state index in [1.807, 2.05) is 36.4 Å². The number of thiocarbonyl (C=S) groups is 1. The van der Waals surface area contributed by atoms with E-state index in [0.717, 1.165) is 5.69 Å². The third-order valence-electron chi connectivity index (χ3n) is 2.80. The van der Waals surface area contributed by atoms with Crippen LogP contribution in [0.1, 0.15) is 11.1 Å². The van der Waals surface area contributed by atoms with Crippen molar-refractivity contribution in [3.05, 3.63) is 64.7 Å². The second kappa shape index (κ2) is 6.55. The van der Waals surface area contributed by atoms with Crippen molar-refractivity contribution in [3.8, 4) is 0 Å². The summed E-state index contributed by atoms with van der Waals surface area (Å²) in [5, 5.41) is 7.63. The normalized spacial score (nSPS) is 10.0. The van der Waals surface area contributed by atoms with Crippen molar-refractivity contribution < 1.29 is 0 Å². The van der Waals surface area contributed by atoms with Crippen LogP contribution < -0.4 is 10.6 Å². The molecule has 2 aromatic rings. The van der Waals surface area contributed by atoms with E-state index < -0.39 is 0 Å². The van der Waals surface area contributed by atoms with Crippen LogP contribution in [0.4, 0.5) is 5.69 Å². The van der Waals surface area contributed by atoms with Crippen molar-refractivity contribution in [2.75, 3.05) is 5.32 Å². The molecule has 0 radical (unpaired) electrons. The molecule has 0 aliphatic rings. The number of hydrogen-bond acceptors (Lipinski definition) is 1. The molecule has 0 fully saturated rings. The molecule has 0 aliphatic heterocycles. The minimum absolute atomic E-state index is 0.602. The molecule has 0 bridgehead atoms. The van der Waals surface area contributed by atoms with Crippen LogP contribution in [0.2, 0.25) is 5.02 Å². The fourth-order valence-corrected chi connectivity index (χ4v) is 2.01. The highest BCUT2D eigenvalue weighted by Crippen LogP contribution is 2.13. The summed E-state index contributed by atoms with van der Waals surface area (Å²) in [5.41, 5.74) is 3.42. The molecular weight excluding hydrogens is 276 g/mol. The number of rotatable bonds is 3. The average Bonchev–Trinajstić information content (AvgIpc) is 2.40. The Kier molecular flexibility index (Phi) is 4.77. The van der Waals surface area contributed by atoms with Gasteiger partial charge in [-0.25, -0.2) is 0 Å². The van der Waals surface area contributed by atoms with Gasteiger partial charge < -0.3 is 10.6 Å². The number of nitrogens with one attached hydrogen (secondary N) is 2. The first kappa shape index (κ1) is 13.8. The summed E-state index contributed by atoms with van der Waals surface area (Å²) >= 11 is 11.1. The first-order chi connectivity index (χ1) is 9.15. The van der Waals surface area contributed by atoms with Gasteiger partial charge in [0.25, 0.3) is 0 Å². The van der Waals surface area contributed by atoms with Crippen molar-refractivity contribution in [1.82, 2.24) is 5.32 Å².